The van der Waals surface area contributed by atoms with Crippen molar-refractivity contribution in [3.63, 3.8) is 0 Å². The summed E-state index contributed by atoms with van der Waals surface area (Å²) in [7, 11) is 0. The quantitative estimate of drug-likeness (QED) is 0.113. The molecule has 0 radical (unpaired) electrons. The van der Waals surface area contributed by atoms with Crippen molar-refractivity contribution in [1.29, 1.82) is 0 Å². The van der Waals surface area contributed by atoms with Gasteiger partial charge in [-0.15, -0.1) is 6.42 Å². The van der Waals surface area contributed by atoms with Gasteiger partial charge in [-0.25, -0.2) is 14.5 Å². The molecule has 1 atom stereocenters. The van der Waals surface area contributed by atoms with Gasteiger partial charge in [0.2, 0.25) is 5.88 Å². The van der Waals surface area contributed by atoms with E-state index in [4.69, 9.17) is 26.0 Å². The first-order valence-electron chi connectivity index (χ1n) is 19.4. The number of carbonyl (C=O) groups is 2. The largest absolute Gasteiger partial charge is 0.438 e. The molecule has 0 spiro atoms. The van der Waals surface area contributed by atoms with Gasteiger partial charge >= 0.3 is 6.03 Å². The van der Waals surface area contributed by atoms with Gasteiger partial charge in [0, 0.05) is 77.7 Å². The second-order valence-electron chi connectivity index (χ2n) is 15.6. The summed E-state index contributed by atoms with van der Waals surface area (Å²) >= 11 is 0. The number of aromatic nitrogens is 4. The second kappa shape index (κ2) is 17.3. The number of urea groups is 1. The highest BCUT2D eigenvalue weighted by atomic mass is 16.5. The van der Waals surface area contributed by atoms with Crippen LogP contribution in [0.1, 0.15) is 66.3 Å². The van der Waals surface area contributed by atoms with Crippen molar-refractivity contribution in [1.82, 2.24) is 30.0 Å². The third-order valence-electron chi connectivity index (χ3n) is 9.82. The van der Waals surface area contributed by atoms with Crippen molar-refractivity contribution in [3.8, 4) is 29.7 Å². The average molecular weight is 777 g/mol. The maximum Gasteiger partial charge on any atom is 0.324 e. The first-order valence-corrected chi connectivity index (χ1v) is 19.4. The fourth-order valence-electron chi connectivity index (χ4n) is 6.81. The molecule has 0 bridgehead atoms. The van der Waals surface area contributed by atoms with E-state index in [0.717, 1.165) is 52.9 Å². The van der Waals surface area contributed by atoms with Crippen molar-refractivity contribution < 1.29 is 19.1 Å². The highest BCUT2D eigenvalue weighted by molar-refractivity contribution is 6.07. The molecule has 2 aromatic heterocycles. The van der Waals surface area contributed by atoms with E-state index in [-0.39, 0.29) is 17.4 Å². The Labute approximate surface area is 339 Å². The predicted octanol–water partition coefficient (Wildman–Crippen LogP) is 7.88. The molecular formula is C46H48N8O4. The van der Waals surface area contributed by atoms with Gasteiger partial charge in [-0.1, -0.05) is 68.7 Å². The molecule has 296 valence electrons. The first-order chi connectivity index (χ1) is 27.9. The number of terminal acetylenes is 1. The zero-order valence-electron chi connectivity index (χ0n) is 33.5. The van der Waals surface area contributed by atoms with Crippen molar-refractivity contribution in [2.75, 3.05) is 43.5 Å². The lowest BCUT2D eigenvalue weighted by Gasteiger charge is -2.29. The highest BCUT2D eigenvalue weighted by Crippen LogP contribution is 2.34. The summed E-state index contributed by atoms with van der Waals surface area (Å²) in [6.07, 6.45) is 7.76. The van der Waals surface area contributed by atoms with Crippen LogP contribution >= 0.6 is 0 Å². The van der Waals surface area contributed by atoms with E-state index in [1.165, 1.54) is 0 Å². The molecule has 1 fully saturated rings. The molecule has 4 aromatic carbocycles. The summed E-state index contributed by atoms with van der Waals surface area (Å²) in [5, 5.41) is 15.5. The van der Waals surface area contributed by atoms with E-state index in [0.29, 0.717) is 59.7 Å². The number of hydrogen-bond donors (Lipinski definition) is 3. The van der Waals surface area contributed by atoms with Crippen molar-refractivity contribution >= 4 is 34.2 Å². The molecular weight excluding hydrogens is 729 g/mol. The van der Waals surface area contributed by atoms with Gasteiger partial charge in [0.15, 0.2) is 0 Å². The van der Waals surface area contributed by atoms with Gasteiger partial charge in [0.05, 0.1) is 30.3 Å². The van der Waals surface area contributed by atoms with Crippen LogP contribution in [-0.4, -0.2) is 75.5 Å². The number of nitrogens with zero attached hydrogens (tertiary/aromatic N) is 5. The number of aryl methyl sites for hydroxylation is 1. The van der Waals surface area contributed by atoms with Gasteiger partial charge in [0.25, 0.3) is 5.91 Å². The Balaban J connectivity index is 1.05. The molecule has 1 aliphatic heterocycles. The van der Waals surface area contributed by atoms with Gasteiger partial charge in [0.1, 0.15) is 17.4 Å². The number of rotatable bonds is 11. The molecule has 3 heterocycles. The SMILES string of the molecule is C#Cc1cc(Cc2nccc(Oc3ccc(NC(=O)Nc4cc(C(C)(C)C)nn4-c4ccc(C)cc4)c4ccccc34)n2)cc(C(=O)N[C@@H](C)CN2CCOCC2)c1. The highest BCUT2D eigenvalue weighted by Gasteiger charge is 2.22. The summed E-state index contributed by atoms with van der Waals surface area (Å²) in [6.45, 7) is 14.1. The molecule has 0 unspecified atom stereocenters. The van der Waals surface area contributed by atoms with Crippen LogP contribution < -0.4 is 20.7 Å². The lowest BCUT2D eigenvalue weighted by atomic mass is 9.92. The number of fused-ring (bicyclic) bond motifs is 1. The van der Waals surface area contributed by atoms with Crippen LogP contribution in [0.5, 0.6) is 11.6 Å². The van der Waals surface area contributed by atoms with Crippen LogP contribution in [0.3, 0.4) is 0 Å². The Kier molecular flexibility index (Phi) is 11.8. The Bertz CT molecular complexity index is 2480. The minimum absolute atomic E-state index is 0.0549. The van der Waals surface area contributed by atoms with Crippen molar-refractivity contribution in [2.24, 2.45) is 0 Å². The van der Waals surface area contributed by atoms with Gasteiger partial charge in [-0.2, -0.15) is 10.1 Å². The number of anilines is 2. The fraction of sp³-hybridized carbons (Fsp3) is 0.283. The second-order valence-corrected chi connectivity index (χ2v) is 15.6. The fourth-order valence-corrected chi connectivity index (χ4v) is 6.81. The van der Waals surface area contributed by atoms with Crippen molar-refractivity contribution in [3.05, 3.63) is 131 Å². The molecule has 58 heavy (non-hydrogen) atoms. The zero-order chi connectivity index (χ0) is 40.8. The average Bonchev–Trinajstić information content (AvgIpc) is 3.64. The molecule has 12 nitrogen and oxygen atoms in total. The molecule has 7 rings (SSSR count). The Hall–Kier alpha value is -6.55. The number of amides is 3. The van der Waals surface area contributed by atoms with E-state index in [1.54, 1.807) is 35.1 Å². The van der Waals surface area contributed by atoms with E-state index in [9.17, 15) is 9.59 Å². The Morgan fingerprint density at radius 3 is 2.45 bits per heavy atom. The summed E-state index contributed by atoms with van der Waals surface area (Å²) in [6, 6.07) is 27.8. The molecule has 0 aliphatic carbocycles. The summed E-state index contributed by atoms with van der Waals surface area (Å²) in [5.41, 5.74) is 5.07. The maximum absolute atomic E-state index is 13.6. The predicted molar refractivity (Wildman–Crippen MR) is 227 cm³/mol. The molecule has 1 saturated heterocycles. The van der Waals surface area contributed by atoms with Crippen molar-refractivity contribution in [2.45, 2.75) is 52.5 Å². The maximum atomic E-state index is 13.6. The normalized spacial score (nSPS) is 13.7. The minimum Gasteiger partial charge on any atom is -0.438 e. The Morgan fingerprint density at radius 2 is 1.71 bits per heavy atom. The molecule has 6 aromatic rings. The summed E-state index contributed by atoms with van der Waals surface area (Å²) < 4.78 is 13.5. The topological polar surface area (TPSA) is 136 Å². The van der Waals surface area contributed by atoms with Gasteiger partial charge < -0.3 is 20.1 Å². The molecule has 12 heteroatoms. The van der Waals surface area contributed by atoms with Crippen LogP contribution in [0.2, 0.25) is 0 Å². The lowest BCUT2D eigenvalue weighted by molar-refractivity contribution is 0.0342. The third kappa shape index (κ3) is 9.69. The zero-order valence-corrected chi connectivity index (χ0v) is 33.5. The number of carbonyl (C=O) groups excluding carboxylic acids is 2. The summed E-state index contributed by atoms with van der Waals surface area (Å²) in [5.74, 6) is 4.43. The van der Waals surface area contributed by atoms with Gasteiger partial charge in [-0.05, 0) is 61.9 Å². The molecule has 3 N–H and O–H groups in total. The minimum atomic E-state index is -0.412. The van der Waals surface area contributed by atoms with E-state index >= 15 is 0 Å². The summed E-state index contributed by atoms with van der Waals surface area (Å²) in [4.78, 5) is 38.3. The van der Waals surface area contributed by atoms with E-state index < -0.39 is 6.03 Å². The van der Waals surface area contributed by atoms with Crippen LogP contribution in [0.15, 0.2) is 97.2 Å². The molecule has 3 amide bonds. The van der Waals surface area contributed by atoms with Gasteiger partial charge in [-0.3, -0.25) is 15.0 Å². The number of nitrogens with one attached hydrogen (secondary N) is 3. The van der Waals surface area contributed by atoms with Crippen LogP contribution in [-0.2, 0) is 16.6 Å². The monoisotopic (exact) mass is 776 g/mol. The lowest BCUT2D eigenvalue weighted by Crippen LogP contribution is -2.46. The number of hydrogen-bond acceptors (Lipinski definition) is 8. The molecule has 0 saturated carbocycles. The smallest absolute Gasteiger partial charge is 0.324 e. The third-order valence-corrected chi connectivity index (χ3v) is 9.82. The first kappa shape index (κ1) is 39.7. The van der Waals surface area contributed by atoms with E-state index in [1.807, 2.05) is 80.6 Å². The Morgan fingerprint density at radius 1 is 0.948 bits per heavy atom. The van der Waals surface area contributed by atoms with Crippen LogP contribution in [0.4, 0.5) is 16.3 Å². The number of ether oxygens (including phenoxy) is 2. The van der Waals surface area contributed by atoms with E-state index in [2.05, 4.69) is 52.5 Å². The molecule has 1 aliphatic rings. The van der Waals surface area contributed by atoms with Crippen LogP contribution in [0, 0.1) is 19.3 Å². The standard InChI is InChI=1S/C46H48N8O4/c1-7-32-24-33(26-34(25-32)44(55)48-31(3)29-53-20-22-57-23-21-53)27-41-47-19-18-43(50-41)58-39-17-16-38(36-10-8-9-11-37(36)39)49-45(56)51-42-28-40(46(4,5)6)52-54(42)35-14-12-30(2)13-15-35/h1,8-19,24-26,28,31H,20-23,27,29H2,2-6H3,(H,48,55)(H2,49,51,56)/t31-/m0/s1. The number of morpholine rings is 1. The number of benzene rings is 4. The van der Waals surface area contributed by atoms with Crippen LogP contribution in [0.25, 0.3) is 16.5 Å².